The third-order valence-electron chi connectivity index (χ3n) is 9.13. The van der Waals surface area contributed by atoms with Gasteiger partial charge in [0.1, 0.15) is 5.82 Å². The minimum atomic E-state index is 0.932. The first kappa shape index (κ1) is 27.0. The first-order chi connectivity index (χ1) is 23.3. The zero-order valence-corrected chi connectivity index (χ0v) is 25.6. The Morgan fingerprint density at radius 3 is 1.60 bits per heavy atom. The number of hydrogen-bond acceptors (Lipinski definition) is 2. The molecule has 0 unspecified atom stereocenters. The van der Waals surface area contributed by atoms with Crippen molar-refractivity contribution in [1.29, 1.82) is 0 Å². The van der Waals surface area contributed by atoms with Gasteiger partial charge in [-0.1, -0.05) is 127 Å². The van der Waals surface area contributed by atoms with Gasteiger partial charge in [0.15, 0.2) is 0 Å². The van der Waals surface area contributed by atoms with E-state index >= 15 is 0 Å². The molecule has 0 N–H and O–H groups in total. The van der Waals surface area contributed by atoms with Crippen molar-refractivity contribution in [2.75, 3.05) is 0 Å². The van der Waals surface area contributed by atoms with E-state index < -0.39 is 0 Å². The summed E-state index contributed by atoms with van der Waals surface area (Å²) in [7, 11) is 0. The molecule has 9 rings (SSSR count). The van der Waals surface area contributed by atoms with E-state index in [0.717, 1.165) is 33.7 Å². The van der Waals surface area contributed by atoms with Crippen molar-refractivity contribution in [3.8, 4) is 50.5 Å². The molecular formula is C44H29N3. The quantitative estimate of drug-likeness (QED) is 0.184. The van der Waals surface area contributed by atoms with Gasteiger partial charge in [-0.25, -0.2) is 4.98 Å². The summed E-state index contributed by atoms with van der Waals surface area (Å²) in [6, 6.07) is 58.3. The van der Waals surface area contributed by atoms with Crippen LogP contribution in [-0.2, 0) is 0 Å². The minimum absolute atomic E-state index is 0.932. The smallest absolute Gasteiger partial charge is 0.145 e. The molecule has 0 aliphatic heterocycles. The molecule has 2 heterocycles. The number of benzene rings is 7. The maximum absolute atomic E-state index is 5.10. The summed E-state index contributed by atoms with van der Waals surface area (Å²) in [5, 5.41) is 4.93. The number of pyridine rings is 1. The van der Waals surface area contributed by atoms with Gasteiger partial charge in [-0.05, 0) is 91.3 Å². The number of nitrogens with zero attached hydrogens (tertiary/aromatic N) is 3. The number of hydrogen-bond donors (Lipinski definition) is 0. The summed E-state index contributed by atoms with van der Waals surface area (Å²) >= 11 is 0. The molecule has 7 aromatic carbocycles. The number of rotatable bonds is 5. The lowest BCUT2D eigenvalue weighted by Crippen LogP contribution is -1.97. The molecule has 0 atom stereocenters. The van der Waals surface area contributed by atoms with E-state index in [1.165, 1.54) is 49.4 Å². The fraction of sp³-hybridized carbons (Fsp3) is 0. The molecule has 3 heteroatoms. The standard InChI is InChI=1S/C44H29N3/c1-2-12-33(13-3-1)47-41-21-11-10-20-40(41)46-44(47)32-24-22-31(23-25-32)42-36-16-6-8-18-38(36)43(39-19-9-7-17-37(39)42)35-15-5-4-14-34(35)30-26-28-45-29-27-30/h1-29H. The molecule has 3 nitrogen and oxygen atoms in total. The van der Waals surface area contributed by atoms with Gasteiger partial charge in [-0.15, -0.1) is 0 Å². The molecule has 0 radical (unpaired) electrons. The van der Waals surface area contributed by atoms with Crippen molar-refractivity contribution in [3.05, 3.63) is 176 Å². The highest BCUT2D eigenvalue weighted by Crippen LogP contribution is 2.46. The summed E-state index contributed by atoms with van der Waals surface area (Å²) in [6.45, 7) is 0. The SMILES string of the molecule is c1ccc(-n2c(-c3ccc(-c4c5ccccc5c(-c5ccccc5-c5ccncc5)c5ccccc45)cc3)nc3ccccc32)cc1. The summed E-state index contributed by atoms with van der Waals surface area (Å²) in [6.07, 6.45) is 3.73. The lowest BCUT2D eigenvalue weighted by atomic mass is 9.84. The first-order valence-electron chi connectivity index (χ1n) is 15.9. The minimum Gasteiger partial charge on any atom is -0.292 e. The molecule has 0 bridgehead atoms. The molecule has 220 valence electrons. The summed E-state index contributed by atoms with van der Waals surface area (Å²) in [4.78, 5) is 9.37. The average Bonchev–Trinajstić information content (AvgIpc) is 3.54. The Balaban J connectivity index is 1.25. The van der Waals surface area contributed by atoms with E-state index in [2.05, 4.69) is 167 Å². The van der Waals surface area contributed by atoms with E-state index in [1.54, 1.807) is 0 Å². The van der Waals surface area contributed by atoms with Crippen LogP contribution in [0.3, 0.4) is 0 Å². The van der Waals surface area contributed by atoms with E-state index in [0.29, 0.717) is 0 Å². The maximum Gasteiger partial charge on any atom is 0.145 e. The predicted molar refractivity (Wildman–Crippen MR) is 196 cm³/mol. The highest BCUT2D eigenvalue weighted by molar-refractivity contribution is 6.22. The summed E-state index contributed by atoms with van der Waals surface area (Å²) in [5.41, 5.74) is 11.5. The molecule has 0 saturated heterocycles. The van der Waals surface area contributed by atoms with E-state index in [9.17, 15) is 0 Å². The van der Waals surface area contributed by atoms with Crippen molar-refractivity contribution in [2.24, 2.45) is 0 Å². The van der Waals surface area contributed by atoms with Gasteiger partial charge in [0.25, 0.3) is 0 Å². The summed E-state index contributed by atoms with van der Waals surface area (Å²) in [5.74, 6) is 0.932. The molecular weight excluding hydrogens is 571 g/mol. The predicted octanol–water partition coefficient (Wildman–Crippen LogP) is 11.4. The van der Waals surface area contributed by atoms with Gasteiger partial charge < -0.3 is 0 Å². The topological polar surface area (TPSA) is 30.7 Å². The molecule has 9 aromatic rings. The zero-order valence-electron chi connectivity index (χ0n) is 25.6. The Hall–Kier alpha value is -6.32. The van der Waals surface area contributed by atoms with Crippen molar-refractivity contribution in [2.45, 2.75) is 0 Å². The molecule has 0 aliphatic carbocycles. The normalized spacial score (nSPS) is 11.4. The van der Waals surface area contributed by atoms with Crippen LogP contribution in [0.15, 0.2) is 176 Å². The van der Waals surface area contributed by atoms with Gasteiger partial charge in [0.2, 0.25) is 0 Å². The Labute approximate surface area is 273 Å². The third kappa shape index (κ3) is 4.52. The highest BCUT2D eigenvalue weighted by Gasteiger charge is 2.19. The Kier molecular flexibility index (Phi) is 6.46. The molecule has 47 heavy (non-hydrogen) atoms. The first-order valence-corrected chi connectivity index (χ1v) is 15.9. The van der Waals surface area contributed by atoms with E-state index in [4.69, 9.17) is 4.98 Å². The van der Waals surface area contributed by atoms with Crippen LogP contribution in [-0.4, -0.2) is 14.5 Å². The second kappa shape index (κ2) is 11.2. The van der Waals surface area contributed by atoms with Crippen LogP contribution < -0.4 is 0 Å². The summed E-state index contributed by atoms with van der Waals surface area (Å²) < 4.78 is 2.25. The third-order valence-corrected chi connectivity index (χ3v) is 9.13. The largest absolute Gasteiger partial charge is 0.292 e. The van der Waals surface area contributed by atoms with Crippen LogP contribution in [0, 0.1) is 0 Å². The Morgan fingerprint density at radius 2 is 0.915 bits per heavy atom. The Bertz CT molecular complexity index is 2490. The van der Waals surface area contributed by atoms with Gasteiger partial charge >= 0.3 is 0 Å². The fourth-order valence-electron chi connectivity index (χ4n) is 7.06. The van der Waals surface area contributed by atoms with Crippen LogP contribution in [0.4, 0.5) is 0 Å². The molecule has 2 aromatic heterocycles. The average molecular weight is 600 g/mol. The van der Waals surface area contributed by atoms with Gasteiger partial charge in [-0.3, -0.25) is 9.55 Å². The van der Waals surface area contributed by atoms with Crippen LogP contribution in [0.25, 0.3) is 83.0 Å². The molecule has 0 spiro atoms. The number of fused-ring (bicyclic) bond motifs is 3. The Morgan fingerprint density at radius 1 is 0.383 bits per heavy atom. The maximum atomic E-state index is 5.10. The van der Waals surface area contributed by atoms with E-state index in [1.807, 2.05) is 18.5 Å². The van der Waals surface area contributed by atoms with Crippen molar-refractivity contribution < 1.29 is 0 Å². The molecule has 0 amide bonds. The van der Waals surface area contributed by atoms with Crippen molar-refractivity contribution >= 4 is 32.6 Å². The number of imidazole rings is 1. The van der Waals surface area contributed by atoms with Crippen molar-refractivity contribution in [3.63, 3.8) is 0 Å². The van der Waals surface area contributed by atoms with Crippen LogP contribution >= 0.6 is 0 Å². The number of para-hydroxylation sites is 3. The van der Waals surface area contributed by atoms with Gasteiger partial charge in [-0.2, -0.15) is 0 Å². The second-order valence-electron chi connectivity index (χ2n) is 11.8. The molecule has 0 fully saturated rings. The lowest BCUT2D eigenvalue weighted by Gasteiger charge is -2.19. The van der Waals surface area contributed by atoms with Crippen LogP contribution in [0.1, 0.15) is 0 Å². The highest BCUT2D eigenvalue weighted by atomic mass is 15.1. The van der Waals surface area contributed by atoms with Gasteiger partial charge in [0.05, 0.1) is 11.0 Å². The van der Waals surface area contributed by atoms with Crippen molar-refractivity contribution in [1.82, 2.24) is 14.5 Å². The zero-order chi connectivity index (χ0) is 31.2. The monoisotopic (exact) mass is 599 g/mol. The second-order valence-corrected chi connectivity index (χ2v) is 11.8. The van der Waals surface area contributed by atoms with E-state index in [-0.39, 0.29) is 0 Å². The lowest BCUT2D eigenvalue weighted by molar-refractivity contribution is 1.10. The fourth-order valence-corrected chi connectivity index (χ4v) is 7.06. The number of aromatic nitrogens is 3. The molecule has 0 saturated carbocycles. The van der Waals surface area contributed by atoms with Crippen LogP contribution in [0.2, 0.25) is 0 Å². The van der Waals surface area contributed by atoms with Gasteiger partial charge in [0, 0.05) is 23.6 Å². The van der Waals surface area contributed by atoms with Crippen LogP contribution in [0.5, 0.6) is 0 Å². The molecule has 0 aliphatic rings.